The number of aromatic nitrogens is 1. The van der Waals surface area contributed by atoms with Crippen LogP contribution in [-0.2, 0) is 4.79 Å². The van der Waals surface area contributed by atoms with Crippen LogP contribution in [0, 0.1) is 0 Å². The number of carbonyl (C=O) groups excluding carboxylic acids is 1. The lowest BCUT2D eigenvalue weighted by Gasteiger charge is -2.30. The first-order chi connectivity index (χ1) is 9.28. The molecule has 0 fully saturated rings. The number of para-hydroxylation sites is 2. The fraction of sp³-hybridized carbons (Fsp3) is 0.143. The van der Waals surface area contributed by atoms with Crippen LogP contribution in [0.15, 0.2) is 42.6 Å². The molecule has 3 rings (SSSR count). The van der Waals surface area contributed by atoms with Crippen molar-refractivity contribution in [3.8, 4) is 5.88 Å². The van der Waals surface area contributed by atoms with E-state index in [1.54, 1.807) is 19.4 Å². The van der Waals surface area contributed by atoms with E-state index in [0.717, 1.165) is 17.1 Å². The molecule has 0 unspecified atom stereocenters. The Bertz CT molecular complexity index is 610. The lowest BCUT2D eigenvalue weighted by molar-refractivity contribution is -0.115. The number of amides is 1. The van der Waals surface area contributed by atoms with Gasteiger partial charge in [-0.1, -0.05) is 12.1 Å². The van der Waals surface area contributed by atoms with E-state index in [1.165, 1.54) is 0 Å². The maximum Gasteiger partial charge on any atom is 0.244 e. The second-order valence-corrected chi connectivity index (χ2v) is 4.21. The second kappa shape index (κ2) is 4.61. The molecular formula is C14H13N3O2. The molecule has 1 aromatic heterocycles. The number of nitrogens with one attached hydrogen (secondary N) is 1. The van der Waals surface area contributed by atoms with Crippen molar-refractivity contribution in [3.63, 3.8) is 0 Å². The molecule has 0 radical (unpaired) electrons. The smallest absolute Gasteiger partial charge is 0.244 e. The number of hydrogen-bond donors (Lipinski definition) is 1. The van der Waals surface area contributed by atoms with Gasteiger partial charge in [-0.25, -0.2) is 4.98 Å². The van der Waals surface area contributed by atoms with Gasteiger partial charge in [0.1, 0.15) is 6.54 Å². The molecule has 1 aliphatic heterocycles. The predicted octanol–water partition coefficient (Wildman–Crippen LogP) is 2.18. The number of fused-ring (bicyclic) bond motifs is 1. The van der Waals surface area contributed by atoms with E-state index in [0.29, 0.717) is 5.88 Å². The minimum atomic E-state index is -0.0329. The third kappa shape index (κ3) is 2.10. The molecule has 0 bridgehead atoms. The van der Waals surface area contributed by atoms with Crippen molar-refractivity contribution in [1.82, 2.24) is 4.98 Å². The molecule has 2 heterocycles. The lowest BCUT2D eigenvalue weighted by Crippen LogP contribution is -2.34. The summed E-state index contributed by atoms with van der Waals surface area (Å²) in [5, 5.41) is 2.86. The fourth-order valence-corrected chi connectivity index (χ4v) is 2.12. The molecular weight excluding hydrogens is 242 g/mol. The van der Waals surface area contributed by atoms with Crippen LogP contribution >= 0.6 is 0 Å². The molecule has 96 valence electrons. The highest BCUT2D eigenvalue weighted by molar-refractivity contribution is 6.03. The third-order valence-corrected chi connectivity index (χ3v) is 3.01. The third-order valence-electron chi connectivity index (χ3n) is 3.01. The summed E-state index contributed by atoms with van der Waals surface area (Å²) in [7, 11) is 1.58. The van der Waals surface area contributed by atoms with Gasteiger partial charge in [-0.3, -0.25) is 4.79 Å². The maximum atomic E-state index is 11.7. The normalized spacial score (nSPS) is 13.7. The van der Waals surface area contributed by atoms with Crippen molar-refractivity contribution in [3.05, 3.63) is 42.6 Å². The Balaban J connectivity index is 2.02. The molecule has 1 N–H and O–H groups in total. The number of nitrogens with zero attached hydrogens (tertiary/aromatic N) is 2. The molecule has 0 aliphatic carbocycles. The highest BCUT2D eigenvalue weighted by Crippen LogP contribution is 2.34. The molecule has 2 aromatic rings. The van der Waals surface area contributed by atoms with E-state index in [2.05, 4.69) is 10.3 Å². The van der Waals surface area contributed by atoms with Crippen LogP contribution in [0.4, 0.5) is 17.1 Å². The Morgan fingerprint density at radius 1 is 1.26 bits per heavy atom. The van der Waals surface area contributed by atoms with Gasteiger partial charge in [0.15, 0.2) is 0 Å². The van der Waals surface area contributed by atoms with Crippen LogP contribution in [0.25, 0.3) is 0 Å². The number of pyridine rings is 1. The summed E-state index contributed by atoms with van der Waals surface area (Å²) < 4.78 is 5.04. The summed E-state index contributed by atoms with van der Waals surface area (Å²) in [6, 6.07) is 11.4. The van der Waals surface area contributed by atoms with Gasteiger partial charge in [0.2, 0.25) is 11.8 Å². The van der Waals surface area contributed by atoms with E-state index in [9.17, 15) is 4.79 Å². The summed E-state index contributed by atoms with van der Waals surface area (Å²) in [5.74, 6) is 0.521. The Morgan fingerprint density at radius 3 is 2.84 bits per heavy atom. The van der Waals surface area contributed by atoms with Crippen LogP contribution in [0.2, 0.25) is 0 Å². The monoisotopic (exact) mass is 255 g/mol. The topological polar surface area (TPSA) is 54.5 Å². The van der Waals surface area contributed by atoms with Crippen molar-refractivity contribution >= 4 is 23.0 Å². The zero-order valence-corrected chi connectivity index (χ0v) is 10.5. The van der Waals surface area contributed by atoms with Gasteiger partial charge in [-0.05, 0) is 18.2 Å². The SMILES string of the molecule is COc1ccc(N2CC(=O)Nc3ccccc32)cn1. The van der Waals surface area contributed by atoms with Gasteiger partial charge in [-0.2, -0.15) is 0 Å². The molecule has 1 aromatic carbocycles. The molecule has 0 saturated carbocycles. The average molecular weight is 255 g/mol. The Morgan fingerprint density at radius 2 is 2.11 bits per heavy atom. The summed E-state index contributed by atoms with van der Waals surface area (Å²) >= 11 is 0. The quantitative estimate of drug-likeness (QED) is 0.893. The molecule has 0 spiro atoms. The predicted molar refractivity (Wildman–Crippen MR) is 72.9 cm³/mol. The summed E-state index contributed by atoms with van der Waals surface area (Å²) in [6.45, 7) is 0.283. The zero-order valence-electron chi connectivity index (χ0n) is 10.5. The second-order valence-electron chi connectivity index (χ2n) is 4.21. The highest BCUT2D eigenvalue weighted by Gasteiger charge is 2.22. The Kier molecular flexibility index (Phi) is 2.79. The number of methoxy groups -OCH3 is 1. The molecule has 5 heteroatoms. The Labute approximate surface area is 110 Å². The van der Waals surface area contributed by atoms with Crippen molar-refractivity contribution in [2.45, 2.75) is 0 Å². The number of hydrogen-bond acceptors (Lipinski definition) is 4. The first kappa shape index (κ1) is 11.5. The number of rotatable bonds is 2. The lowest BCUT2D eigenvalue weighted by atomic mass is 10.2. The van der Waals surface area contributed by atoms with Crippen molar-refractivity contribution in [1.29, 1.82) is 0 Å². The van der Waals surface area contributed by atoms with Crippen molar-refractivity contribution in [2.24, 2.45) is 0 Å². The van der Waals surface area contributed by atoms with Crippen LogP contribution < -0.4 is 15.0 Å². The van der Waals surface area contributed by atoms with E-state index in [4.69, 9.17) is 4.74 Å². The molecule has 0 saturated heterocycles. The molecule has 1 amide bonds. The van der Waals surface area contributed by atoms with Gasteiger partial charge in [0.25, 0.3) is 0 Å². The highest BCUT2D eigenvalue weighted by atomic mass is 16.5. The number of anilines is 3. The van der Waals surface area contributed by atoms with Gasteiger partial charge >= 0.3 is 0 Å². The first-order valence-electron chi connectivity index (χ1n) is 5.94. The first-order valence-corrected chi connectivity index (χ1v) is 5.94. The van der Waals surface area contributed by atoms with Gasteiger partial charge < -0.3 is 15.0 Å². The van der Waals surface area contributed by atoms with E-state index in [-0.39, 0.29) is 12.5 Å². The zero-order chi connectivity index (χ0) is 13.2. The van der Waals surface area contributed by atoms with E-state index < -0.39 is 0 Å². The number of carbonyl (C=O) groups is 1. The minimum absolute atomic E-state index is 0.0329. The van der Waals surface area contributed by atoms with Crippen LogP contribution in [0.5, 0.6) is 5.88 Å². The van der Waals surface area contributed by atoms with Crippen LogP contribution in [0.3, 0.4) is 0 Å². The summed E-state index contributed by atoms with van der Waals surface area (Å²) in [6.07, 6.45) is 1.70. The molecule has 1 aliphatic rings. The Hall–Kier alpha value is -2.56. The summed E-state index contributed by atoms with van der Waals surface area (Å²) in [4.78, 5) is 17.8. The fourth-order valence-electron chi connectivity index (χ4n) is 2.12. The van der Waals surface area contributed by atoms with E-state index >= 15 is 0 Å². The average Bonchev–Trinajstić information content (AvgIpc) is 2.46. The number of benzene rings is 1. The van der Waals surface area contributed by atoms with Crippen LogP contribution in [0.1, 0.15) is 0 Å². The van der Waals surface area contributed by atoms with Gasteiger partial charge in [-0.15, -0.1) is 0 Å². The number of ether oxygens (including phenoxy) is 1. The van der Waals surface area contributed by atoms with Gasteiger partial charge in [0, 0.05) is 6.07 Å². The minimum Gasteiger partial charge on any atom is -0.481 e. The van der Waals surface area contributed by atoms with Gasteiger partial charge in [0.05, 0.1) is 30.4 Å². The van der Waals surface area contributed by atoms with Crippen molar-refractivity contribution < 1.29 is 9.53 Å². The molecule has 19 heavy (non-hydrogen) atoms. The van der Waals surface area contributed by atoms with Crippen LogP contribution in [-0.4, -0.2) is 24.5 Å². The van der Waals surface area contributed by atoms with E-state index in [1.807, 2.05) is 35.2 Å². The largest absolute Gasteiger partial charge is 0.481 e. The molecule has 5 nitrogen and oxygen atoms in total. The standard InChI is InChI=1S/C14H13N3O2/c1-19-14-7-6-10(8-15-14)17-9-13(18)16-11-4-2-3-5-12(11)17/h2-8H,9H2,1H3,(H,16,18). The maximum absolute atomic E-state index is 11.7. The summed E-state index contributed by atoms with van der Waals surface area (Å²) in [5.41, 5.74) is 2.65. The molecule has 0 atom stereocenters. The van der Waals surface area contributed by atoms with Crippen molar-refractivity contribution in [2.75, 3.05) is 23.9 Å².